The van der Waals surface area contributed by atoms with Crippen LogP contribution in [0.1, 0.15) is 63.0 Å². The average molecular weight is 386 g/mol. The van der Waals surface area contributed by atoms with Gasteiger partial charge in [0.05, 0.1) is 0 Å². The maximum absolute atomic E-state index is 6.39. The first-order valence-electron chi connectivity index (χ1n) is 7.75. The van der Waals surface area contributed by atoms with Crippen molar-refractivity contribution in [1.29, 1.82) is 0 Å². The van der Waals surface area contributed by atoms with Gasteiger partial charge in [0.1, 0.15) is 0 Å². The molecule has 20 heavy (non-hydrogen) atoms. The molecular weight excluding hydrogens is 363 g/mol. The highest BCUT2D eigenvalue weighted by Crippen LogP contribution is 2.50. The molecule has 3 heteroatoms. The summed E-state index contributed by atoms with van der Waals surface area (Å²) in [6.07, 6.45) is 6.86. The van der Waals surface area contributed by atoms with Crippen LogP contribution in [0.25, 0.3) is 0 Å². The Hall–Kier alpha value is -0.450. The van der Waals surface area contributed by atoms with Crippen molar-refractivity contribution in [3.05, 3.63) is 23.3 Å². The second kappa shape index (κ2) is 5.74. The monoisotopic (exact) mass is 386 g/mol. The predicted molar refractivity (Wildman–Crippen MR) is 90.2 cm³/mol. The number of hydrogen-bond donors (Lipinski definition) is 0. The Morgan fingerprint density at radius 2 is 1.80 bits per heavy atom. The van der Waals surface area contributed by atoms with Crippen LogP contribution in [0.2, 0.25) is 0 Å². The van der Waals surface area contributed by atoms with Gasteiger partial charge in [0, 0.05) is 22.8 Å². The molecule has 110 valence electrons. The van der Waals surface area contributed by atoms with Crippen LogP contribution in [0.5, 0.6) is 11.5 Å². The van der Waals surface area contributed by atoms with Crippen LogP contribution in [-0.4, -0.2) is 10.2 Å². The number of aryl methyl sites for hydroxylation is 1. The van der Waals surface area contributed by atoms with Crippen LogP contribution < -0.4 is 9.47 Å². The van der Waals surface area contributed by atoms with Crippen molar-refractivity contribution in [1.82, 2.24) is 0 Å². The quantitative estimate of drug-likeness (QED) is 0.524. The molecule has 0 saturated heterocycles. The first-order chi connectivity index (χ1) is 9.65. The Balaban J connectivity index is 1.99. The maximum Gasteiger partial charge on any atom is 0.251 e. The van der Waals surface area contributed by atoms with E-state index in [1.807, 2.05) is 0 Å². The topological polar surface area (TPSA) is 18.5 Å². The van der Waals surface area contributed by atoms with Gasteiger partial charge in [-0.2, -0.15) is 0 Å². The lowest BCUT2D eigenvalue weighted by molar-refractivity contribution is -0.105. The van der Waals surface area contributed by atoms with Gasteiger partial charge in [-0.15, -0.1) is 0 Å². The molecule has 1 aliphatic carbocycles. The molecule has 0 atom stereocenters. The molecule has 0 bridgehead atoms. The van der Waals surface area contributed by atoms with E-state index < -0.39 is 0 Å². The summed E-state index contributed by atoms with van der Waals surface area (Å²) >= 11 is 2.43. The molecule has 3 rings (SSSR count). The van der Waals surface area contributed by atoms with Crippen molar-refractivity contribution in [2.45, 2.75) is 64.1 Å². The molecule has 1 saturated carbocycles. The molecule has 0 N–H and O–H groups in total. The number of benzene rings is 1. The fourth-order valence-electron chi connectivity index (χ4n) is 3.28. The number of fused-ring (bicyclic) bond motifs is 1. The SMILES string of the molecule is CC(C)c1ccc(CCI)c2c1OC1(CCCCC1)O2. The lowest BCUT2D eigenvalue weighted by Gasteiger charge is -2.31. The van der Waals surface area contributed by atoms with Crippen LogP contribution in [0.4, 0.5) is 0 Å². The van der Waals surface area contributed by atoms with Crippen LogP contribution in [0.3, 0.4) is 0 Å². The lowest BCUT2D eigenvalue weighted by Crippen LogP contribution is -2.40. The minimum atomic E-state index is -0.356. The van der Waals surface area contributed by atoms with E-state index in [1.54, 1.807) is 0 Å². The smallest absolute Gasteiger partial charge is 0.251 e. The Morgan fingerprint density at radius 1 is 1.10 bits per heavy atom. The molecule has 0 unspecified atom stereocenters. The summed E-state index contributed by atoms with van der Waals surface area (Å²) in [4.78, 5) is 0. The van der Waals surface area contributed by atoms with E-state index in [-0.39, 0.29) is 5.79 Å². The summed E-state index contributed by atoms with van der Waals surface area (Å²) in [5.74, 6) is 2.18. The number of halogens is 1. The number of ether oxygens (including phenoxy) is 2. The lowest BCUT2D eigenvalue weighted by atomic mass is 9.94. The molecular formula is C17H23IO2. The molecule has 1 heterocycles. The molecule has 0 amide bonds. The van der Waals surface area contributed by atoms with Crippen LogP contribution in [0.15, 0.2) is 12.1 Å². The maximum atomic E-state index is 6.39. The van der Waals surface area contributed by atoms with Gasteiger partial charge in [-0.25, -0.2) is 0 Å². The standard InChI is InChI=1S/C17H23IO2/c1-12(2)14-7-6-13(8-11-18)15-16(14)20-17(19-15)9-4-3-5-10-17/h6-7,12H,3-5,8-11H2,1-2H3. The molecule has 1 aliphatic heterocycles. The van der Waals surface area contributed by atoms with Crippen LogP contribution >= 0.6 is 22.6 Å². The third-order valence-corrected chi connectivity index (χ3v) is 4.94. The fourth-order valence-corrected chi connectivity index (χ4v) is 3.86. The van der Waals surface area contributed by atoms with Gasteiger partial charge in [-0.1, -0.05) is 55.0 Å². The Bertz CT molecular complexity index is 490. The summed E-state index contributed by atoms with van der Waals surface area (Å²) in [5.41, 5.74) is 2.60. The fraction of sp³-hybridized carbons (Fsp3) is 0.647. The number of rotatable bonds is 3. The van der Waals surface area contributed by atoms with E-state index in [1.165, 1.54) is 30.4 Å². The summed E-state index contributed by atoms with van der Waals surface area (Å²) in [6.45, 7) is 4.45. The van der Waals surface area contributed by atoms with E-state index in [4.69, 9.17) is 9.47 Å². The zero-order valence-corrected chi connectivity index (χ0v) is 14.5. The second-order valence-corrected chi connectivity index (χ2v) is 7.32. The van der Waals surface area contributed by atoms with Crippen LogP contribution in [-0.2, 0) is 6.42 Å². The Labute approximate surface area is 135 Å². The summed E-state index contributed by atoms with van der Waals surface area (Å²) < 4.78 is 13.9. The van der Waals surface area contributed by atoms with Crippen molar-refractivity contribution in [2.24, 2.45) is 0 Å². The molecule has 1 spiro atoms. The summed E-state index contributed by atoms with van der Waals surface area (Å²) in [5, 5.41) is 0. The zero-order chi connectivity index (χ0) is 14.2. The molecule has 1 aromatic rings. The van der Waals surface area contributed by atoms with Crippen molar-refractivity contribution < 1.29 is 9.47 Å². The van der Waals surface area contributed by atoms with Crippen molar-refractivity contribution >= 4 is 22.6 Å². The highest BCUT2D eigenvalue weighted by atomic mass is 127. The van der Waals surface area contributed by atoms with E-state index in [0.717, 1.165) is 35.2 Å². The minimum absolute atomic E-state index is 0.356. The normalized spacial score (nSPS) is 19.8. The largest absolute Gasteiger partial charge is 0.448 e. The van der Waals surface area contributed by atoms with E-state index in [9.17, 15) is 0 Å². The van der Waals surface area contributed by atoms with Crippen LogP contribution in [0, 0.1) is 0 Å². The molecule has 2 aliphatic rings. The average Bonchev–Trinajstić information content (AvgIpc) is 2.78. The predicted octanol–water partition coefficient (Wildman–Crippen LogP) is 5.22. The minimum Gasteiger partial charge on any atom is -0.448 e. The van der Waals surface area contributed by atoms with Gasteiger partial charge in [0.25, 0.3) is 5.79 Å². The van der Waals surface area contributed by atoms with E-state index in [2.05, 4.69) is 48.6 Å². The van der Waals surface area contributed by atoms with Gasteiger partial charge < -0.3 is 9.47 Å². The van der Waals surface area contributed by atoms with Gasteiger partial charge in [0.2, 0.25) is 0 Å². The Morgan fingerprint density at radius 3 is 2.45 bits per heavy atom. The molecule has 0 aromatic heterocycles. The first kappa shape index (κ1) is 14.5. The molecule has 1 fully saturated rings. The first-order valence-corrected chi connectivity index (χ1v) is 9.27. The highest BCUT2D eigenvalue weighted by Gasteiger charge is 2.44. The van der Waals surface area contributed by atoms with Crippen molar-refractivity contribution in [3.8, 4) is 11.5 Å². The van der Waals surface area contributed by atoms with Crippen molar-refractivity contribution in [2.75, 3.05) is 4.43 Å². The summed E-state index contributed by atoms with van der Waals surface area (Å²) in [7, 11) is 0. The summed E-state index contributed by atoms with van der Waals surface area (Å²) in [6, 6.07) is 4.47. The van der Waals surface area contributed by atoms with Gasteiger partial charge in [-0.05, 0) is 30.7 Å². The molecule has 2 nitrogen and oxygen atoms in total. The van der Waals surface area contributed by atoms with E-state index >= 15 is 0 Å². The Kier molecular flexibility index (Phi) is 4.16. The second-order valence-electron chi connectivity index (χ2n) is 6.24. The number of alkyl halides is 1. The van der Waals surface area contributed by atoms with Gasteiger partial charge >= 0.3 is 0 Å². The number of hydrogen-bond acceptors (Lipinski definition) is 2. The third-order valence-electron chi connectivity index (χ3n) is 4.40. The van der Waals surface area contributed by atoms with Crippen molar-refractivity contribution in [3.63, 3.8) is 0 Å². The molecule has 1 aromatic carbocycles. The highest BCUT2D eigenvalue weighted by molar-refractivity contribution is 14.1. The zero-order valence-electron chi connectivity index (χ0n) is 12.4. The molecule has 0 radical (unpaired) electrons. The van der Waals surface area contributed by atoms with Gasteiger partial charge in [-0.3, -0.25) is 0 Å². The van der Waals surface area contributed by atoms with Gasteiger partial charge in [0.15, 0.2) is 11.5 Å². The third kappa shape index (κ3) is 2.53. The van der Waals surface area contributed by atoms with E-state index in [0.29, 0.717) is 5.92 Å².